The number of nitrogens with zero attached hydrogens (tertiary/aromatic N) is 1. The van der Waals surface area contributed by atoms with Gasteiger partial charge in [0.05, 0.1) is 31.5 Å². The van der Waals surface area contributed by atoms with E-state index in [-0.39, 0.29) is 0 Å². The first-order chi connectivity index (χ1) is 18.1. The zero-order valence-corrected chi connectivity index (χ0v) is 22.1. The number of hydrogen-bond acceptors (Lipinski definition) is 7. The molecule has 0 bridgehead atoms. The summed E-state index contributed by atoms with van der Waals surface area (Å²) in [6.45, 7) is 6.90. The van der Waals surface area contributed by atoms with Crippen LogP contribution >= 0.6 is 11.3 Å². The summed E-state index contributed by atoms with van der Waals surface area (Å²) in [6.07, 6.45) is 5.14. The van der Waals surface area contributed by atoms with Crippen LogP contribution in [-0.2, 0) is 24.1 Å². The molecule has 3 aromatic rings. The van der Waals surface area contributed by atoms with Crippen LogP contribution in [0.2, 0.25) is 0 Å². The standard InChI is InChI=1S/C29H33NO6S/c1-4-7-21-24(12-9-19-10-13-26(29(31)32)36-27(19)21)34-15-6-16-35-25-14-11-20(23-17-37-18-30-23)28(33-3)22(25)8-5-2/h5,9,11-12,14,17-18,26H,2,4,6-8,10,13,15-16H2,1,3H3,(H,31,32). The average Bonchev–Trinajstić information content (AvgIpc) is 3.44. The van der Waals surface area contributed by atoms with Gasteiger partial charge in [0.1, 0.15) is 23.0 Å². The van der Waals surface area contributed by atoms with E-state index in [0.29, 0.717) is 44.6 Å². The Bertz CT molecular complexity index is 1220. The molecule has 2 aromatic carbocycles. The number of methoxy groups -OCH3 is 1. The second-order valence-electron chi connectivity index (χ2n) is 8.80. The van der Waals surface area contributed by atoms with E-state index in [9.17, 15) is 9.90 Å². The largest absolute Gasteiger partial charge is 0.496 e. The van der Waals surface area contributed by atoms with Crippen molar-refractivity contribution in [1.82, 2.24) is 4.98 Å². The Morgan fingerprint density at radius 1 is 1.22 bits per heavy atom. The normalized spacial score (nSPS) is 14.4. The molecule has 1 aliphatic rings. The van der Waals surface area contributed by atoms with Gasteiger partial charge in [0.2, 0.25) is 0 Å². The molecular formula is C29H33NO6S. The summed E-state index contributed by atoms with van der Waals surface area (Å²) in [6, 6.07) is 7.88. The Hall–Kier alpha value is -3.52. The minimum Gasteiger partial charge on any atom is -0.496 e. The lowest BCUT2D eigenvalue weighted by atomic mass is 9.96. The van der Waals surface area contributed by atoms with Gasteiger partial charge in [-0.3, -0.25) is 0 Å². The number of benzene rings is 2. The Kier molecular flexibility index (Phi) is 9.06. The maximum absolute atomic E-state index is 11.5. The smallest absolute Gasteiger partial charge is 0.344 e. The third kappa shape index (κ3) is 6.07. The monoisotopic (exact) mass is 523 g/mol. The molecule has 4 rings (SSSR count). The van der Waals surface area contributed by atoms with Gasteiger partial charge in [-0.2, -0.15) is 0 Å². The molecule has 0 radical (unpaired) electrons. The molecule has 37 heavy (non-hydrogen) atoms. The molecule has 1 aromatic heterocycles. The van der Waals surface area contributed by atoms with Crippen molar-refractivity contribution in [1.29, 1.82) is 0 Å². The van der Waals surface area contributed by atoms with Crippen LogP contribution in [0.3, 0.4) is 0 Å². The minimum atomic E-state index is -0.927. The quantitative estimate of drug-likeness (QED) is 0.213. The maximum Gasteiger partial charge on any atom is 0.344 e. The third-order valence-electron chi connectivity index (χ3n) is 6.29. The van der Waals surface area contributed by atoms with Gasteiger partial charge in [-0.1, -0.05) is 25.5 Å². The summed E-state index contributed by atoms with van der Waals surface area (Å²) in [5, 5.41) is 11.4. The lowest BCUT2D eigenvalue weighted by Gasteiger charge is -2.26. The zero-order valence-electron chi connectivity index (χ0n) is 21.3. The number of aliphatic carboxylic acids is 1. The van der Waals surface area contributed by atoms with Crippen molar-refractivity contribution in [3.05, 3.63) is 64.5 Å². The van der Waals surface area contributed by atoms with Gasteiger partial charge >= 0.3 is 5.97 Å². The number of carboxylic acids is 1. The number of carboxylic acid groups (broad SMARTS) is 1. The lowest BCUT2D eigenvalue weighted by molar-refractivity contribution is -0.145. The van der Waals surface area contributed by atoms with Crippen molar-refractivity contribution >= 4 is 17.3 Å². The zero-order chi connectivity index (χ0) is 26.2. The fraction of sp³-hybridized carbons (Fsp3) is 0.379. The number of thiazole rings is 1. The second kappa shape index (κ2) is 12.6. The Balaban J connectivity index is 1.41. The Morgan fingerprint density at radius 2 is 1.97 bits per heavy atom. The molecule has 8 heteroatoms. The van der Waals surface area contributed by atoms with Crippen LogP contribution in [0, 0.1) is 0 Å². The summed E-state index contributed by atoms with van der Waals surface area (Å²) in [7, 11) is 1.66. The topological polar surface area (TPSA) is 87.1 Å². The van der Waals surface area contributed by atoms with E-state index in [0.717, 1.165) is 58.0 Å². The number of rotatable bonds is 13. The molecule has 1 atom stereocenters. The summed E-state index contributed by atoms with van der Waals surface area (Å²) in [4.78, 5) is 15.9. The van der Waals surface area contributed by atoms with Crippen LogP contribution in [0.15, 0.2) is 47.8 Å². The first kappa shape index (κ1) is 26.5. The van der Waals surface area contributed by atoms with Crippen molar-refractivity contribution in [3.8, 4) is 34.3 Å². The number of ether oxygens (including phenoxy) is 4. The number of hydrogen-bond donors (Lipinski definition) is 1. The molecule has 196 valence electrons. The fourth-order valence-corrected chi connectivity index (χ4v) is 5.12. The predicted octanol–water partition coefficient (Wildman–Crippen LogP) is 6.13. The van der Waals surface area contributed by atoms with Gasteiger partial charge in [0.25, 0.3) is 0 Å². The Labute approximate surface area is 221 Å². The Morgan fingerprint density at radius 3 is 2.62 bits per heavy atom. The van der Waals surface area contributed by atoms with Crippen LogP contribution in [0.5, 0.6) is 23.0 Å². The highest BCUT2D eigenvalue weighted by Gasteiger charge is 2.28. The summed E-state index contributed by atoms with van der Waals surface area (Å²) < 4.78 is 23.9. The molecule has 0 fully saturated rings. The van der Waals surface area contributed by atoms with E-state index in [1.54, 1.807) is 24.0 Å². The molecule has 1 aliphatic heterocycles. The number of fused-ring (bicyclic) bond motifs is 1. The van der Waals surface area contributed by atoms with E-state index in [1.807, 2.05) is 35.7 Å². The molecule has 1 unspecified atom stereocenters. The van der Waals surface area contributed by atoms with Crippen molar-refractivity contribution in [3.63, 3.8) is 0 Å². The molecule has 0 amide bonds. The first-order valence-corrected chi connectivity index (χ1v) is 13.5. The number of carbonyl (C=O) groups is 1. The van der Waals surface area contributed by atoms with E-state index >= 15 is 0 Å². The van der Waals surface area contributed by atoms with Gasteiger partial charge in [0.15, 0.2) is 6.10 Å². The van der Waals surface area contributed by atoms with E-state index in [4.69, 9.17) is 18.9 Å². The highest BCUT2D eigenvalue weighted by atomic mass is 32.1. The second-order valence-corrected chi connectivity index (χ2v) is 9.52. The van der Waals surface area contributed by atoms with Crippen LogP contribution in [0.25, 0.3) is 11.3 Å². The van der Waals surface area contributed by atoms with Crippen molar-refractivity contribution < 1.29 is 28.8 Å². The predicted molar refractivity (Wildman–Crippen MR) is 144 cm³/mol. The lowest BCUT2D eigenvalue weighted by Crippen LogP contribution is -2.31. The third-order valence-corrected chi connectivity index (χ3v) is 6.88. The van der Waals surface area contributed by atoms with Gasteiger partial charge in [-0.15, -0.1) is 17.9 Å². The summed E-state index contributed by atoms with van der Waals surface area (Å²) >= 11 is 1.54. The van der Waals surface area contributed by atoms with Crippen LogP contribution in [-0.4, -0.2) is 42.5 Å². The first-order valence-electron chi connectivity index (χ1n) is 12.6. The van der Waals surface area contributed by atoms with Gasteiger partial charge < -0.3 is 24.1 Å². The number of allylic oxidation sites excluding steroid dienone is 1. The van der Waals surface area contributed by atoms with Crippen LogP contribution in [0.1, 0.15) is 42.9 Å². The molecule has 0 aliphatic carbocycles. The molecule has 0 spiro atoms. The molecular weight excluding hydrogens is 490 g/mol. The van der Waals surface area contributed by atoms with Gasteiger partial charge in [-0.25, -0.2) is 9.78 Å². The van der Waals surface area contributed by atoms with Gasteiger partial charge in [-0.05, 0) is 49.4 Å². The number of aryl methyl sites for hydroxylation is 1. The summed E-state index contributed by atoms with van der Waals surface area (Å²) in [5.74, 6) is 1.99. The SMILES string of the molecule is C=CCc1c(OCCCOc2ccc3c(c2CCC)OC(C(=O)O)CC3)ccc(-c2cscn2)c1OC. The minimum absolute atomic E-state index is 0.461. The van der Waals surface area contributed by atoms with Crippen molar-refractivity contribution in [2.45, 2.75) is 51.6 Å². The molecule has 7 nitrogen and oxygen atoms in total. The van der Waals surface area contributed by atoms with E-state index < -0.39 is 12.1 Å². The highest BCUT2D eigenvalue weighted by Crippen LogP contribution is 2.40. The van der Waals surface area contributed by atoms with E-state index in [1.165, 1.54) is 0 Å². The average molecular weight is 524 g/mol. The maximum atomic E-state index is 11.5. The van der Waals surface area contributed by atoms with Crippen molar-refractivity contribution in [2.75, 3.05) is 20.3 Å². The van der Waals surface area contributed by atoms with Crippen molar-refractivity contribution in [2.24, 2.45) is 0 Å². The molecule has 1 N–H and O–H groups in total. The molecule has 0 saturated heterocycles. The highest BCUT2D eigenvalue weighted by molar-refractivity contribution is 7.07. The number of aromatic nitrogens is 1. The molecule has 2 heterocycles. The summed E-state index contributed by atoms with van der Waals surface area (Å²) in [5.41, 5.74) is 6.54. The van der Waals surface area contributed by atoms with Crippen LogP contribution < -0.4 is 18.9 Å². The molecule has 0 saturated carbocycles. The van der Waals surface area contributed by atoms with E-state index in [2.05, 4.69) is 18.5 Å². The van der Waals surface area contributed by atoms with Crippen LogP contribution in [0.4, 0.5) is 0 Å². The fourth-order valence-electron chi connectivity index (χ4n) is 4.57. The van der Waals surface area contributed by atoms with Gasteiger partial charge in [0, 0.05) is 28.5 Å².